The van der Waals surface area contributed by atoms with Crippen molar-refractivity contribution < 1.29 is 9.53 Å². The Morgan fingerprint density at radius 2 is 1.95 bits per heavy atom. The molecule has 1 atom stereocenters. The Bertz CT molecular complexity index is 818. The van der Waals surface area contributed by atoms with E-state index in [0.717, 1.165) is 6.42 Å². The Labute approximate surface area is 130 Å². The number of aromatic amines is 1. The zero-order chi connectivity index (χ0) is 15.9. The van der Waals surface area contributed by atoms with Crippen LogP contribution in [0.1, 0.15) is 43.2 Å². The highest BCUT2D eigenvalue weighted by Gasteiger charge is 2.59. The number of benzene rings is 1. The fraction of sp³-hybridized carbons (Fsp3) is 0.500. The van der Waals surface area contributed by atoms with Crippen molar-refractivity contribution in [2.24, 2.45) is 0 Å². The Morgan fingerprint density at radius 3 is 2.68 bits per heavy atom. The van der Waals surface area contributed by atoms with Crippen molar-refractivity contribution in [1.29, 1.82) is 0 Å². The van der Waals surface area contributed by atoms with Crippen LogP contribution in [0.15, 0.2) is 12.1 Å². The second-order valence-electron chi connectivity index (χ2n) is 7.26. The number of carbonyl (C=O) groups is 1. The van der Waals surface area contributed by atoms with Gasteiger partial charge in [-0.05, 0) is 57.7 Å². The molecule has 0 radical (unpaired) electrons. The van der Waals surface area contributed by atoms with Crippen molar-refractivity contribution in [3.8, 4) is 0 Å². The van der Waals surface area contributed by atoms with Crippen LogP contribution < -0.4 is 0 Å². The molecule has 0 unspecified atom stereocenters. The minimum absolute atomic E-state index is 0.201. The fourth-order valence-corrected chi connectivity index (χ4v) is 4.24. The molecule has 4 nitrogen and oxygen atoms in total. The predicted octanol–water partition coefficient (Wildman–Crippen LogP) is 3.79. The lowest BCUT2D eigenvalue weighted by molar-refractivity contribution is 0.0242. The first-order chi connectivity index (χ1) is 10.3. The van der Waals surface area contributed by atoms with Crippen LogP contribution in [-0.4, -0.2) is 28.1 Å². The average molecular weight is 298 g/mol. The third kappa shape index (κ3) is 1.36. The number of hydrogen-bond donors (Lipinski definition) is 1. The standard InChI is InChI=1S/C18H22N2O2/c1-10-6-7-13-14-12(11(2)19-15(10)14)8-9-20-16(21)22-17(3,4)18(13,20)5/h6-7,19H,8-9H2,1-5H3/t18-/m0/s1. The normalized spacial score (nSPS) is 26.0. The maximum atomic E-state index is 12.4. The second-order valence-corrected chi connectivity index (χ2v) is 7.26. The number of carbonyl (C=O) groups excluding carboxylic acids is 1. The zero-order valence-corrected chi connectivity index (χ0v) is 13.8. The molecule has 1 aromatic carbocycles. The van der Waals surface area contributed by atoms with Crippen molar-refractivity contribution in [2.75, 3.05) is 6.54 Å². The smallest absolute Gasteiger partial charge is 0.411 e. The molecular formula is C18H22N2O2. The maximum Gasteiger partial charge on any atom is 0.411 e. The average Bonchev–Trinajstić information content (AvgIpc) is 2.77. The molecule has 3 heterocycles. The molecule has 0 saturated carbocycles. The maximum absolute atomic E-state index is 12.4. The van der Waals surface area contributed by atoms with E-state index in [-0.39, 0.29) is 6.09 Å². The van der Waals surface area contributed by atoms with E-state index in [1.54, 1.807) is 0 Å². The van der Waals surface area contributed by atoms with E-state index >= 15 is 0 Å². The van der Waals surface area contributed by atoms with Crippen LogP contribution >= 0.6 is 0 Å². The van der Waals surface area contributed by atoms with Gasteiger partial charge >= 0.3 is 6.09 Å². The molecule has 4 heteroatoms. The molecule has 2 aliphatic heterocycles. The number of cyclic esters (lactones) is 1. The summed E-state index contributed by atoms with van der Waals surface area (Å²) in [6.07, 6.45) is 0.663. The number of aryl methyl sites for hydroxylation is 2. The first kappa shape index (κ1) is 13.7. The molecule has 116 valence electrons. The second kappa shape index (κ2) is 3.86. The van der Waals surface area contributed by atoms with Gasteiger partial charge in [-0.1, -0.05) is 12.1 Å². The van der Waals surface area contributed by atoms with Crippen molar-refractivity contribution in [3.05, 3.63) is 34.5 Å². The number of hydrogen-bond acceptors (Lipinski definition) is 2. The minimum atomic E-state index is -0.556. The number of fused-ring (bicyclic) bond motifs is 2. The number of nitrogens with one attached hydrogen (secondary N) is 1. The van der Waals surface area contributed by atoms with Crippen LogP contribution in [0, 0.1) is 13.8 Å². The first-order valence-electron chi connectivity index (χ1n) is 7.89. The van der Waals surface area contributed by atoms with Gasteiger partial charge in [0.05, 0.1) is 0 Å². The quantitative estimate of drug-likeness (QED) is 0.804. The summed E-state index contributed by atoms with van der Waals surface area (Å²) in [5, 5.41) is 1.29. The summed E-state index contributed by atoms with van der Waals surface area (Å²) in [4.78, 5) is 17.9. The van der Waals surface area contributed by atoms with Crippen LogP contribution in [0.3, 0.4) is 0 Å². The molecular weight excluding hydrogens is 276 g/mol. The molecule has 0 spiro atoms. The highest BCUT2D eigenvalue weighted by Crippen LogP contribution is 2.51. The summed E-state index contributed by atoms with van der Waals surface area (Å²) in [6.45, 7) is 11.1. The van der Waals surface area contributed by atoms with Crippen molar-refractivity contribution in [1.82, 2.24) is 9.88 Å². The van der Waals surface area contributed by atoms with Crippen LogP contribution in [0.5, 0.6) is 0 Å². The lowest BCUT2D eigenvalue weighted by atomic mass is 9.76. The van der Waals surface area contributed by atoms with E-state index in [0.29, 0.717) is 6.54 Å². The lowest BCUT2D eigenvalue weighted by Crippen LogP contribution is -2.50. The summed E-state index contributed by atoms with van der Waals surface area (Å²) in [7, 11) is 0. The number of rotatable bonds is 0. The SMILES string of the molecule is Cc1[nH]c2c(C)ccc3c2c1CCN1C(=O)OC(C)(C)[C@]31C. The van der Waals surface area contributed by atoms with E-state index in [1.165, 1.54) is 33.3 Å². The number of ether oxygens (including phenoxy) is 1. The number of nitrogens with zero attached hydrogens (tertiary/aromatic N) is 1. The van der Waals surface area contributed by atoms with Gasteiger partial charge in [0.15, 0.2) is 0 Å². The molecule has 1 fully saturated rings. The highest BCUT2D eigenvalue weighted by molar-refractivity contribution is 5.93. The molecule has 1 amide bonds. The summed E-state index contributed by atoms with van der Waals surface area (Å²) in [6, 6.07) is 4.32. The monoisotopic (exact) mass is 298 g/mol. The van der Waals surface area contributed by atoms with Gasteiger partial charge in [0.2, 0.25) is 0 Å². The zero-order valence-electron chi connectivity index (χ0n) is 13.8. The van der Waals surface area contributed by atoms with E-state index in [1.807, 2.05) is 18.7 Å². The minimum Gasteiger partial charge on any atom is -0.440 e. The third-order valence-electron chi connectivity index (χ3n) is 5.87. The van der Waals surface area contributed by atoms with Gasteiger partial charge in [-0.3, -0.25) is 4.90 Å². The van der Waals surface area contributed by atoms with Gasteiger partial charge in [0, 0.05) is 23.1 Å². The topological polar surface area (TPSA) is 45.3 Å². The lowest BCUT2D eigenvalue weighted by Gasteiger charge is -2.40. The van der Waals surface area contributed by atoms with Gasteiger partial charge in [0.25, 0.3) is 0 Å². The molecule has 1 N–H and O–H groups in total. The number of H-pyrrole nitrogens is 1. The van der Waals surface area contributed by atoms with Gasteiger partial charge in [-0.2, -0.15) is 0 Å². The molecule has 0 bridgehead atoms. The van der Waals surface area contributed by atoms with E-state index in [9.17, 15) is 4.79 Å². The number of amides is 1. The van der Waals surface area contributed by atoms with Crippen molar-refractivity contribution >= 4 is 17.0 Å². The van der Waals surface area contributed by atoms with Crippen LogP contribution in [0.4, 0.5) is 4.79 Å². The Morgan fingerprint density at radius 1 is 1.23 bits per heavy atom. The van der Waals surface area contributed by atoms with Crippen LogP contribution in [-0.2, 0) is 16.7 Å². The van der Waals surface area contributed by atoms with Gasteiger partial charge < -0.3 is 9.72 Å². The molecule has 1 aromatic heterocycles. The van der Waals surface area contributed by atoms with Crippen molar-refractivity contribution in [2.45, 2.75) is 52.2 Å². The summed E-state index contributed by atoms with van der Waals surface area (Å²) in [5.41, 5.74) is 5.18. The summed E-state index contributed by atoms with van der Waals surface area (Å²) >= 11 is 0. The third-order valence-corrected chi connectivity index (χ3v) is 5.87. The summed E-state index contributed by atoms with van der Waals surface area (Å²) < 4.78 is 5.71. The Hall–Kier alpha value is -1.97. The molecule has 22 heavy (non-hydrogen) atoms. The summed E-state index contributed by atoms with van der Waals surface area (Å²) in [5.74, 6) is 0. The van der Waals surface area contributed by atoms with Gasteiger partial charge in [-0.25, -0.2) is 4.79 Å². The van der Waals surface area contributed by atoms with E-state index in [2.05, 4.69) is 37.9 Å². The largest absolute Gasteiger partial charge is 0.440 e. The highest BCUT2D eigenvalue weighted by atomic mass is 16.6. The molecule has 0 aliphatic carbocycles. The Kier molecular flexibility index (Phi) is 2.40. The fourth-order valence-electron chi connectivity index (χ4n) is 4.24. The Balaban J connectivity index is 2.14. The predicted molar refractivity (Wildman–Crippen MR) is 86.1 cm³/mol. The molecule has 4 rings (SSSR count). The number of aromatic nitrogens is 1. The molecule has 2 aliphatic rings. The van der Waals surface area contributed by atoms with Crippen LogP contribution in [0.25, 0.3) is 10.9 Å². The first-order valence-corrected chi connectivity index (χ1v) is 7.89. The molecule has 2 aromatic rings. The van der Waals surface area contributed by atoms with Crippen LogP contribution in [0.2, 0.25) is 0 Å². The molecule has 1 saturated heterocycles. The van der Waals surface area contributed by atoms with E-state index in [4.69, 9.17) is 4.74 Å². The van der Waals surface area contributed by atoms with Crippen molar-refractivity contribution in [3.63, 3.8) is 0 Å². The van der Waals surface area contributed by atoms with Gasteiger partial charge in [0.1, 0.15) is 11.1 Å². The van der Waals surface area contributed by atoms with E-state index < -0.39 is 11.1 Å². The van der Waals surface area contributed by atoms with Gasteiger partial charge in [-0.15, -0.1) is 0 Å².